The third-order valence-corrected chi connectivity index (χ3v) is 10.2. The molecule has 0 aliphatic carbocycles. The minimum atomic E-state index is -0.822. The van der Waals surface area contributed by atoms with Crippen molar-refractivity contribution in [1.29, 1.82) is 0 Å². The molecule has 0 spiro atoms. The Bertz CT molecular complexity index is 1330. The third kappa shape index (κ3) is 49.0. The van der Waals surface area contributed by atoms with E-state index in [1.165, 1.54) is 64.2 Å². The molecule has 1 atom stereocenters. The minimum Gasteiger partial charge on any atom is -0.462 e. The highest BCUT2D eigenvalue weighted by atomic mass is 16.6. The molecule has 6 nitrogen and oxygen atoms in total. The maximum absolute atomic E-state index is 12.8. The monoisotopic (exact) mass is 873 g/mol. The van der Waals surface area contributed by atoms with Crippen molar-refractivity contribution in [3.8, 4) is 0 Å². The molecule has 0 aliphatic rings. The van der Waals surface area contributed by atoms with Crippen LogP contribution in [0.5, 0.6) is 0 Å². The van der Waals surface area contributed by atoms with E-state index < -0.39 is 6.10 Å². The van der Waals surface area contributed by atoms with E-state index in [1.807, 2.05) is 0 Å². The Morgan fingerprint density at radius 2 is 0.635 bits per heavy atom. The van der Waals surface area contributed by atoms with E-state index in [0.29, 0.717) is 19.3 Å². The lowest BCUT2D eigenvalue weighted by Crippen LogP contribution is -2.30. The second kappa shape index (κ2) is 50.7. The van der Waals surface area contributed by atoms with Crippen molar-refractivity contribution in [3.05, 3.63) is 109 Å². The predicted octanol–water partition coefficient (Wildman–Crippen LogP) is 16.8. The van der Waals surface area contributed by atoms with Crippen molar-refractivity contribution >= 4 is 17.9 Å². The largest absolute Gasteiger partial charge is 0.462 e. The fraction of sp³-hybridized carbons (Fsp3) is 0.632. The van der Waals surface area contributed by atoms with Gasteiger partial charge in [-0.3, -0.25) is 14.4 Å². The Morgan fingerprint density at radius 3 is 1.05 bits per heavy atom. The minimum absolute atomic E-state index is 0.115. The van der Waals surface area contributed by atoms with Gasteiger partial charge in [0.05, 0.1) is 0 Å². The molecule has 63 heavy (non-hydrogen) atoms. The first kappa shape index (κ1) is 59.1. The lowest BCUT2D eigenvalue weighted by Gasteiger charge is -2.18. The topological polar surface area (TPSA) is 78.9 Å². The molecule has 6 heteroatoms. The summed E-state index contributed by atoms with van der Waals surface area (Å²) in [5.41, 5.74) is 0. The van der Waals surface area contributed by atoms with E-state index in [-0.39, 0.29) is 37.5 Å². The molecule has 0 heterocycles. The summed E-state index contributed by atoms with van der Waals surface area (Å²) >= 11 is 0. The van der Waals surface area contributed by atoms with Crippen LogP contribution >= 0.6 is 0 Å². The van der Waals surface area contributed by atoms with Crippen LogP contribution in [0.4, 0.5) is 0 Å². The molecule has 0 N–H and O–H groups in total. The number of ether oxygens (including phenoxy) is 3. The highest BCUT2D eigenvalue weighted by Gasteiger charge is 2.19. The fourth-order valence-electron chi connectivity index (χ4n) is 6.48. The van der Waals surface area contributed by atoms with Gasteiger partial charge in [-0.15, -0.1) is 0 Å². The second-order valence-electron chi connectivity index (χ2n) is 16.3. The van der Waals surface area contributed by atoms with Gasteiger partial charge in [-0.2, -0.15) is 0 Å². The Kier molecular flexibility index (Phi) is 47.5. The van der Waals surface area contributed by atoms with Crippen LogP contribution in [0.1, 0.15) is 213 Å². The molecule has 0 saturated carbocycles. The summed E-state index contributed by atoms with van der Waals surface area (Å²) in [5, 5.41) is 0. The van der Waals surface area contributed by atoms with Crippen LogP contribution in [0.15, 0.2) is 109 Å². The number of hydrogen-bond donors (Lipinski definition) is 0. The molecule has 0 bridgehead atoms. The van der Waals surface area contributed by atoms with Crippen LogP contribution < -0.4 is 0 Å². The van der Waals surface area contributed by atoms with Crippen LogP contribution in [0.25, 0.3) is 0 Å². The van der Waals surface area contributed by atoms with Gasteiger partial charge in [0.25, 0.3) is 0 Å². The van der Waals surface area contributed by atoms with Crippen molar-refractivity contribution in [1.82, 2.24) is 0 Å². The van der Waals surface area contributed by atoms with Crippen LogP contribution in [-0.4, -0.2) is 37.2 Å². The first-order valence-corrected chi connectivity index (χ1v) is 25.4. The first-order chi connectivity index (χ1) is 31.0. The van der Waals surface area contributed by atoms with Crippen molar-refractivity contribution in [2.75, 3.05) is 13.2 Å². The van der Waals surface area contributed by atoms with Crippen molar-refractivity contribution in [2.45, 2.75) is 219 Å². The Labute approximate surface area is 387 Å². The number of rotatable bonds is 44. The molecule has 0 saturated heterocycles. The van der Waals surface area contributed by atoms with Gasteiger partial charge in [0.2, 0.25) is 0 Å². The summed E-state index contributed by atoms with van der Waals surface area (Å²) in [6.45, 7) is 6.28. The molecular weight excluding hydrogens is 781 g/mol. The van der Waals surface area contributed by atoms with Gasteiger partial charge < -0.3 is 14.2 Å². The molecule has 0 fully saturated rings. The Balaban J connectivity index is 4.44. The molecule has 0 aliphatic heterocycles. The SMILES string of the molecule is CC/C=C\C/C=C\C/C=C\CCCCCCCCCCCC(=O)OCC(COC(=O)CCCC/C=C\C/C=C\CC)OC(=O)CCC/C=C\C/C=C\C/C=C\C/C=C\CCCCC. The average molecular weight is 873 g/mol. The van der Waals surface area contributed by atoms with Crippen LogP contribution in [0.2, 0.25) is 0 Å². The van der Waals surface area contributed by atoms with E-state index in [4.69, 9.17) is 14.2 Å². The normalized spacial score (nSPS) is 13.0. The maximum Gasteiger partial charge on any atom is 0.306 e. The van der Waals surface area contributed by atoms with Gasteiger partial charge >= 0.3 is 17.9 Å². The molecule has 0 radical (unpaired) electrons. The number of unbranched alkanes of at least 4 members (excludes halogenated alkanes) is 15. The smallest absolute Gasteiger partial charge is 0.306 e. The van der Waals surface area contributed by atoms with Gasteiger partial charge in [0.15, 0.2) is 6.10 Å². The zero-order valence-corrected chi connectivity index (χ0v) is 40.5. The highest BCUT2D eigenvalue weighted by Crippen LogP contribution is 2.13. The van der Waals surface area contributed by atoms with E-state index in [1.54, 1.807) is 0 Å². The maximum atomic E-state index is 12.8. The summed E-state index contributed by atoms with van der Waals surface area (Å²) in [7, 11) is 0. The van der Waals surface area contributed by atoms with Gasteiger partial charge in [-0.25, -0.2) is 0 Å². The number of carbonyl (C=O) groups excluding carboxylic acids is 3. The molecule has 0 aromatic carbocycles. The zero-order valence-electron chi connectivity index (χ0n) is 40.5. The lowest BCUT2D eigenvalue weighted by molar-refractivity contribution is -0.167. The third-order valence-electron chi connectivity index (χ3n) is 10.2. The van der Waals surface area contributed by atoms with Gasteiger partial charge in [-0.05, 0) is 116 Å². The van der Waals surface area contributed by atoms with E-state index in [9.17, 15) is 14.4 Å². The van der Waals surface area contributed by atoms with Gasteiger partial charge in [0.1, 0.15) is 13.2 Å². The molecule has 1 unspecified atom stereocenters. The van der Waals surface area contributed by atoms with Crippen molar-refractivity contribution in [2.24, 2.45) is 0 Å². The number of esters is 3. The molecule has 0 rings (SSSR count). The van der Waals surface area contributed by atoms with Crippen molar-refractivity contribution in [3.63, 3.8) is 0 Å². The summed E-state index contributed by atoms with van der Waals surface area (Å²) in [5.74, 6) is -1.02. The summed E-state index contributed by atoms with van der Waals surface area (Å²) in [6.07, 6.45) is 68.1. The number of allylic oxidation sites excluding steroid dienone is 18. The summed E-state index contributed by atoms with van der Waals surface area (Å²) in [4.78, 5) is 37.8. The second-order valence-corrected chi connectivity index (χ2v) is 16.3. The van der Waals surface area contributed by atoms with Crippen LogP contribution in [0, 0.1) is 0 Å². The van der Waals surface area contributed by atoms with Crippen molar-refractivity contribution < 1.29 is 28.6 Å². The lowest BCUT2D eigenvalue weighted by atomic mass is 10.1. The highest BCUT2D eigenvalue weighted by molar-refractivity contribution is 5.71. The molecular formula is C57H92O6. The van der Waals surface area contributed by atoms with Gasteiger partial charge in [-0.1, -0.05) is 188 Å². The molecule has 0 aromatic heterocycles. The molecule has 356 valence electrons. The Hall–Kier alpha value is -3.93. The predicted molar refractivity (Wildman–Crippen MR) is 270 cm³/mol. The fourth-order valence-corrected chi connectivity index (χ4v) is 6.48. The van der Waals surface area contributed by atoms with Crippen LogP contribution in [0.3, 0.4) is 0 Å². The van der Waals surface area contributed by atoms with Gasteiger partial charge in [0, 0.05) is 19.3 Å². The standard InChI is InChI=1S/C57H92O6/c1-4-7-10-13-16-19-21-23-25-27-28-30-31-33-35-38-41-44-47-50-56(59)62-53-54(52-61-55(58)49-46-43-40-37-18-15-12-9-6-3)63-57(60)51-48-45-42-39-36-34-32-29-26-24-22-20-17-14-11-8-5-2/h7,9-10,12,16-20,23-26,32,34,37,39,42,54H,4-6,8,11,13-15,21-22,27-31,33,35-36,38,40-41,43-53H2,1-3H3/b10-7-,12-9-,19-16-,20-17-,25-23-,26-24-,34-32-,37-18-,42-39-. The number of hydrogen-bond acceptors (Lipinski definition) is 6. The van der Waals surface area contributed by atoms with E-state index in [2.05, 4.69) is 130 Å². The van der Waals surface area contributed by atoms with E-state index in [0.717, 1.165) is 103 Å². The average Bonchev–Trinajstić information content (AvgIpc) is 3.28. The summed E-state index contributed by atoms with van der Waals surface area (Å²) in [6, 6.07) is 0. The van der Waals surface area contributed by atoms with Crippen LogP contribution in [-0.2, 0) is 28.6 Å². The van der Waals surface area contributed by atoms with E-state index >= 15 is 0 Å². The number of carbonyl (C=O) groups is 3. The first-order valence-electron chi connectivity index (χ1n) is 25.4. The molecule has 0 aromatic rings. The molecule has 0 amide bonds. The Morgan fingerprint density at radius 1 is 0.333 bits per heavy atom. The zero-order chi connectivity index (χ0) is 45.8. The summed E-state index contributed by atoms with van der Waals surface area (Å²) < 4.78 is 16.7. The quantitative estimate of drug-likeness (QED) is 0.0263.